The minimum atomic E-state index is 0.0572. The molecule has 4 aliphatic rings. The fourth-order valence-corrected chi connectivity index (χ4v) is 8.92. The van der Waals surface area contributed by atoms with Crippen molar-refractivity contribution in [3.63, 3.8) is 0 Å². The zero-order valence-electron chi connectivity index (χ0n) is 21.3. The second-order valence-electron chi connectivity index (χ2n) is 12.1. The summed E-state index contributed by atoms with van der Waals surface area (Å²) in [6.45, 7) is 5.39. The first-order valence-corrected chi connectivity index (χ1v) is 13.5. The van der Waals surface area contributed by atoms with Crippen LogP contribution in [0.25, 0.3) is 10.8 Å². The van der Waals surface area contributed by atoms with Gasteiger partial charge in [0, 0.05) is 31.0 Å². The highest BCUT2D eigenvalue weighted by atomic mass is 16.2. The molecule has 2 aromatic carbocycles. The maximum absolute atomic E-state index is 13.6. The van der Waals surface area contributed by atoms with E-state index in [0.717, 1.165) is 32.1 Å². The van der Waals surface area contributed by atoms with E-state index in [1.807, 2.05) is 18.0 Å². The Balaban J connectivity index is 1.19. The van der Waals surface area contributed by atoms with Gasteiger partial charge in [-0.05, 0) is 84.1 Å². The van der Waals surface area contributed by atoms with E-state index >= 15 is 0 Å². The van der Waals surface area contributed by atoms with E-state index in [-0.39, 0.29) is 28.6 Å². The Kier molecular flexibility index (Phi) is 5.36. The minimum absolute atomic E-state index is 0.0572. The van der Waals surface area contributed by atoms with Crippen LogP contribution in [0.1, 0.15) is 57.9 Å². The van der Waals surface area contributed by atoms with Gasteiger partial charge in [-0.15, -0.1) is 0 Å². The molecule has 2 unspecified atom stereocenters. The number of likely N-dealkylation sites (N-methyl/N-ethyl adjacent to an activating group) is 1. The average Bonchev–Trinajstić information content (AvgIpc) is 3.22. The van der Waals surface area contributed by atoms with E-state index in [4.69, 9.17) is 0 Å². The van der Waals surface area contributed by atoms with Gasteiger partial charge in [-0.1, -0.05) is 62.4 Å². The molecule has 4 nitrogen and oxygen atoms in total. The molecule has 184 valence electrons. The SMILES string of the molecule is CN1C(=O)C=C[C@@]2(C)C1CC[C@@H]1[C@H]2CC[C@]2(C)C(C(=O)NCc3cccc4ccccc34)CC[C@@H]12. The van der Waals surface area contributed by atoms with Crippen LogP contribution < -0.4 is 5.32 Å². The highest BCUT2D eigenvalue weighted by molar-refractivity contribution is 5.89. The lowest BCUT2D eigenvalue weighted by molar-refractivity contribution is -0.142. The molecule has 0 bridgehead atoms. The predicted octanol–water partition coefficient (Wildman–Crippen LogP) is 5.71. The van der Waals surface area contributed by atoms with Gasteiger partial charge in [0.1, 0.15) is 0 Å². The monoisotopic (exact) mass is 470 g/mol. The van der Waals surface area contributed by atoms with Gasteiger partial charge in [0.25, 0.3) is 0 Å². The second-order valence-corrected chi connectivity index (χ2v) is 12.1. The molecule has 3 fully saturated rings. The maximum Gasteiger partial charge on any atom is 0.246 e. The van der Waals surface area contributed by atoms with Crippen LogP contribution in [0.15, 0.2) is 54.6 Å². The van der Waals surface area contributed by atoms with Crippen LogP contribution in [-0.4, -0.2) is 29.8 Å². The van der Waals surface area contributed by atoms with Crippen molar-refractivity contribution in [1.29, 1.82) is 0 Å². The molecule has 3 saturated carbocycles. The van der Waals surface area contributed by atoms with E-state index in [1.165, 1.54) is 22.8 Å². The third-order valence-electron chi connectivity index (χ3n) is 10.8. The number of hydrogen-bond acceptors (Lipinski definition) is 2. The lowest BCUT2D eigenvalue weighted by atomic mass is 9.47. The molecule has 1 aliphatic heterocycles. The van der Waals surface area contributed by atoms with E-state index in [1.54, 1.807) is 0 Å². The summed E-state index contributed by atoms with van der Waals surface area (Å²) in [6, 6.07) is 15.1. The summed E-state index contributed by atoms with van der Waals surface area (Å²) in [5.41, 5.74) is 1.32. The summed E-state index contributed by atoms with van der Waals surface area (Å²) in [7, 11) is 1.98. The van der Waals surface area contributed by atoms with Crippen LogP contribution in [0.4, 0.5) is 0 Å². The second kappa shape index (κ2) is 8.21. The fraction of sp³-hybridized carbons (Fsp3) is 0.548. The van der Waals surface area contributed by atoms with E-state index < -0.39 is 0 Å². The number of nitrogens with one attached hydrogen (secondary N) is 1. The molecule has 1 heterocycles. The van der Waals surface area contributed by atoms with Gasteiger partial charge in [0.15, 0.2) is 0 Å². The maximum atomic E-state index is 13.6. The zero-order chi connectivity index (χ0) is 24.4. The van der Waals surface area contributed by atoms with Gasteiger partial charge in [-0.2, -0.15) is 0 Å². The van der Waals surface area contributed by atoms with Crippen LogP contribution in [0, 0.1) is 34.5 Å². The van der Waals surface area contributed by atoms with Crippen LogP contribution in [-0.2, 0) is 16.1 Å². The Labute approximate surface area is 209 Å². The van der Waals surface area contributed by atoms with Crippen molar-refractivity contribution in [2.24, 2.45) is 34.5 Å². The van der Waals surface area contributed by atoms with E-state index in [0.29, 0.717) is 30.3 Å². The Morgan fingerprint density at radius 1 is 1.00 bits per heavy atom. The van der Waals surface area contributed by atoms with E-state index in [2.05, 4.69) is 67.7 Å². The lowest BCUT2D eigenvalue weighted by Crippen LogP contribution is -2.59. The molecule has 1 N–H and O–H groups in total. The molecule has 4 heteroatoms. The number of hydrogen-bond donors (Lipinski definition) is 1. The van der Waals surface area contributed by atoms with Gasteiger partial charge in [-0.25, -0.2) is 0 Å². The molecule has 35 heavy (non-hydrogen) atoms. The molecule has 2 amide bonds. The van der Waals surface area contributed by atoms with Crippen LogP contribution in [0.2, 0.25) is 0 Å². The minimum Gasteiger partial charge on any atom is -0.352 e. The standard InChI is InChI=1S/C31H38N2O2/c1-30-17-15-25-23(11-14-27-31(25,2)18-16-28(34)33(27)3)24(30)12-13-26(30)29(35)32-19-21-9-6-8-20-7-4-5-10-22(20)21/h4-10,16,18,23-27H,11-15,17,19H2,1-3H3,(H,32,35)/t23-,24-,25+,26?,27?,30-,31+/m0/s1. The van der Waals surface area contributed by atoms with Gasteiger partial charge in [0.2, 0.25) is 11.8 Å². The number of benzene rings is 2. The first kappa shape index (κ1) is 22.8. The summed E-state index contributed by atoms with van der Waals surface area (Å²) in [5, 5.41) is 5.78. The van der Waals surface area contributed by atoms with Crippen molar-refractivity contribution in [1.82, 2.24) is 10.2 Å². The number of carbonyl (C=O) groups is 2. The molecule has 0 saturated heterocycles. The highest BCUT2D eigenvalue weighted by Gasteiger charge is 2.61. The summed E-state index contributed by atoms with van der Waals surface area (Å²) in [5.74, 6) is 2.34. The number of fused-ring (bicyclic) bond motifs is 6. The largest absolute Gasteiger partial charge is 0.352 e. The predicted molar refractivity (Wildman–Crippen MR) is 139 cm³/mol. The van der Waals surface area contributed by atoms with Crippen molar-refractivity contribution < 1.29 is 9.59 Å². The van der Waals surface area contributed by atoms with Crippen LogP contribution >= 0.6 is 0 Å². The number of nitrogens with zero attached hydrogens (tertiary/aromatic N) is 1. The van der Waals surface area contributed by atoms with Crippen molar-refractivity contribution in [2.45, 2.75) is 65.0 Å². The molecule has 2 aromatic rings. The summed E-state index contributed by atoms with van der Waals surface area (Å²) >= 11 is 0. The first-order chi connectivity index (χ1) is 16.8. The summed E-state index contributed by atoms with van der Waals surface area (Å²) in [4.78, 5) is 27.9. The molecule has 0 aromatic heterocycles. The Morgan fingerprint density at radius 3 is 2.66 bits per heavy atom. The number of carbonyl (C=O) groups excluding carboxylic acids is 2. The van der Waals surface area contributed by atoms with Gasteiger partial charge < -0.3 is 10.2 Å². The molecular formula is C31H38N2O2. The molecular weight excluding hydrogens is 432 g/mol. The Hall–Kier alpha value is -2.62. The number of rotatable bonds is 3. The fourth-order valence-electron chi connectivity index (χ4n) is 8.92. The van der Waals surface area contributed by atoms with Crippen molar-refractivity contribution >= 4 is 22.6 Å². The van der Waals surface area contributed by atoms with Gasteiger partial charge in [-0.3, -0.25) is 9.59 Å². The van der Waals surface area contributed by atoms with Crippen LogP contribution in [0.5, 0.6) is 0 Å². The van der Waals surface area contributed by atoms with Gasteiger partial charge in [0.05, 0.1) is 0 Å². The van der Waals surface area contributed by atoms with E-state index in [9.17, 15) is 9.59 Å². The summed E-state index contributed by atoms with van der Waals surface area (Å²) in [6.07, 6.45) is 10.7. The molecule has 7 atom stereocenters. The average molecular weight is 471 g/mol. The van der Waals surface area contributed by atoms with Gasteiger partial charge >= 0.3 is 0 Å². The molecule has 6 rings (SSSR count). The number of amides is 2. The summed E-state index contributed by atoms with van der Waals surface area (Å²) < 4.78 is 0. The first-order valence-electron chi connectivity index (χ1n) is 13.5. The quantitative estimate of drug-likeness (QED) is 0.624. The highest BCUT2D eigenvalue weighted by Crippen LogP contribution is 2.65. The van der Waals surface area contributed by atoms with Crippen molar-refractivity contribution in [2.75, 3.05) is 7.05 Å². The van der Waals surface area contributed by atoms with Crippen molar-refractivity contribution in [3.8, 4) is 0 Å². The topological polar surface area (TPSA) is 49.4 Å². The molecule has 0 radical (unpaired) electrons. The Morgan fingerprint density at radius 2 is 1.80 bits per heavy atom. The normalized spacial score (nSPS) is 38.1. The molecule has 0 spiro atoms. The zero-order valence-corrected chi connectivity index (χ0v) is 21.3. The third kappa shape index (κ3) is 3.39. The smallest absolute Gasteiger partial charge is 0.246 e. The van der Waals surface area contributed by atoms with Crippen molar-refractivity contribution in [3.05, 3.63) is 60.2 Å². The molecule has 3 aliphatic carbocycles. The lowest BCUT2D eigenvalue weighted by Gasteiger charge is -2.60. The third-order valence-corrected chi connectivity index (χ3v) is 10.8. The Bertz CT molecular complexity index is 1200. The van der Waals surface area contributed by atoms with Crippen LogP contribution in [0.3, 0.4) is 0 Å².